The number of aromatic nitrogens is 2. The molecule has 0 radical (unpaired) electrons. The van der Waals surface area contributed by atoms with Gasteiger partial charge in [0.25, 0.3) is 0 Å². The minimum absolute atomic E-state index is 0.0445. The Labute approximate surface area is 109 Å². The van der Waals surface area contributed by atoms with Crippen molar-refractivity contribution < 1.29 is 9.90 Å². The second kappa shape index (κ2) is 5.64. The molecule has 1 aromatic carbocycles. The van der Waals surface area contributed by atoms with Gasteiger partial charge in [-0.05, 0) is 30.0 Å². The van der Waals surface area contributed by atoms with Crippen LogP contribution in [0.5, 0.6) is 0 Å². The van der Waals surface area contributed by atoms with Crippen molar-refractivity contribution in [1.29, 1.82) is 0 Å². The largest absolute Gasteiger partial charge is 0.476 e. The van der Waals surface area contributed by atoms with Gasteiger partial charge in [0, 0.05) is 10.5 Å². The molecule has 4 nitrogen and oxygen atoms in total. The summed E-state index contributed by atoms with van der Waals surface area (Å²) in [4.78, 5) is 11.9. The fourth-order valence-electron chi connectivity index (χ4n) is 1.49. The maximum atomic E-state index is 10.7. The van der Waals surface area contributed by atoms with Crippen LogP contribution in [-0.4, -0.2) is 27.0 Å². The second-order valence-electron chi connectivity index (χ2n) is 3.57. The maximum absolute atomic E-state index is 10.7. The van der Waals surface area contributed by atoms with Gasteiger partial charge >= 0.3 is 5.97 Å². The molecular formula is C13H12N2O2S. The smallest absolute Gasteiger partial charge is 0.356 e. The molecule has 0 spiro atoms. The van der Waals surface area contributed by atoms with Crippen molar-refractivity contribution in [2.24, 2.45) is 0 Å². The van der Waals surface area contributed by atoms with Crippen molar-refractivity contribution in [1.82, 2.24) is 10.2 Å². The first-order chi connectivity index (χ1) is 8.70. The number of rotatable bonds is 4. The Balaban J connectivity index is 2.23. The number of thioether (sulfide) groups is 1. The number of hydrogen-bond acceptors (Lipinski definition) is 4. The Morgan fingerprint density at radius 2 is 1.89 bits per heavy atom. The summed E-state index contributed by atoms with van der Waals surface area (Å²) in [6.07, 6.45) is 0. The van der Waals surface area contributed by atoms with Gasteiger partial charge in [0.05, 0.1) is 5.69 Å². The highest BCUT2D eigenvalue weighted by atomic mass is 32.2. The third kappa shape index (κ3) is 2.87. The molecule has 0 aliphatic rings. The molecule has 18 heavy (non-hydrogen) atoms. The zero-order valence-corrected chi connectivity index (χ0v) is 10.6. The summed E-state index contributed by atoms with van der Waals surface area (Å²) >= 11 is 1.77. The van der Waals surface area contributed by atoms with Crippen molar-refractivity contribution >= 4 is 17.7 Å². The predicted molar refractivity (Wildman–Crippen MR) is 70.8 cm³/mol. The van der Waals surface area contributed by atoms with E-state index in [9.17, 15) is 4.79 Å². The minimum Gasteiger partial charge on any atom is -0.476 e. The van der Waals surface area contributed by atoms with Gasteiger partial charge < -0.3 is 5.11 Å². The summed E-state index contributed by atoms with van der Waals surface area (Å²) in [6.45, 7) is 2.11. The molecule has 1 heterocycles. The van der Waals surface area contributed by atoms with E-state index < -0.39 is 5.97 Å². The minimum atomic E-state index is -1.07. The van der Waals surface area contributed by atoms with Crippen molar-refractivity contribution in [2.75, 3.05) is 5.75 Å². The highest BCUT2D eigenvalue weighted by molar-refractivity contribution is 7.99. The van der Waals surface area contributed by atoms with Crippen molar-refractivity contribution in [3.8, 4) is 11.3 Å². The van der Waals surface area contributed by atoms with Crippen LogP contribution >= 0.6 is 11.8 Å². The molecule has 0 saturated heterocycles. The molecule has 1 aromatic heterocycles. The van der Waals surface area contributed by atoms with E-state index in [0.29, 0.717) is 5.69 Å². The van der Waals surface area contributed by atoms with Crippen molar-refractivity contribution in [3.63, 3.8) is 0 Å². The normalized spacial score (nSPS) is 10.3. The Morgan fingerprint density at radius 3 is 2.39 bits per heavy atom. The number of carboxylic acids is 1. The molecule has 0 atom stereocenters. The van der Waals surface area contributed by atoms with Crippen molar-refractivity contribution in [3.05, 3.63) is 42.1 Å². The third-order valence-corrected chi connectivity index (χ3v) is 3.24. The van der Waals surface area contributed by atoms with Gasteiger partial charge in [-0.15, -0.1) is 22.0 Å². The first-order valence-corrected chi connectivity index (χ1v) is 6.49. The van der Waals surface area contributed by atoms with E-state index in [2.05, 4.69) is 17.1 Å². The van der Waals surface area contributed by atoms with Gasteiger partial charge in [-0.2, -0.15) is 0 Å². The number of benzene rings is 1. The quantitative estimate of drug-likeness (QED) is 0.856. The highest BCUT2D eigenvalue weighted by Gasteiger charge is 2.06. The molecule has 0 saturated carbocycles. The van der Waals surface area contributed by atoms with E-state index in [1.165, 1.54) is 11.0 Å². The van der Waals surface area contributed by atoms with Gasteiger partial charge in [-0.1, -0.05) is 19.1 Å². The molecule has 0 aliphatic heterocycles. The number of nitrogens with zero attached hydrogens (tertiary/aromatic N) is 2. The monoisotopic (exact) mass is 260 g/mol. The lowest BCUT2D eigenvalue weighted by atomic mass is 10.1. The molecule has 2 aromatic rings. The van der Waals surface area contributed by atoms with Crippen LogP contribution < -0.4 is 0 Å². The molecule has 1 N–H and O–H groups in total. The van der Waals surface area contributed by atoms with Crippen LogP contribution in [0.4, 0.5) is 0 Å². The summed E-state index contributed by atoms with van der Waals surface area (Å²) in [5, 5.41) is 16.3. The Bertz CT molecular complexity index is 538. The number of hydrogen-bond donors (Lipinski definition) is 1. The maximum Gasteiger partial charge on any atom is 0.356 e. The van der Waals surface area contributed by atoms with Crippen LogP contribution in [0.2, 0.25) is 0 Å². The van der Waals surface area contributed by atoms with E-state index in [4.69, 9.17) is 5.11 Å². The zero-order valence-electron chi connectivity index (χ0n) is 9.83. The van der Waals surface area contributed by atoms with E-state index in [1.54, 1.807) is 17.8 Å². The third-order valence-electron chi connectivity index (χ3n) is 2.34. The molecule has 0 unspecified atom stereocenters. The van der Waals surface area contributed by atoms with Crippen LogP contribution in [-0.2, 0) is 0 Å². The van der Waals surface area contributed by atoms with Gasteiger partial charge in [0.1, 0.15) is 0 Å². The lowest BCUT2D eigenvalue weighted by molar-refractivity contribution is 0.0689. The van der Waals surface area contributed by atoms with Crippen LogP contribution in [0.3, 0.4) is 0 Å². The lowest BCUT2D eigenvalue weighted by Crippen LogP contribution is -2.01. The average molecular weight is 260 g/mol. The SMILES string of the molecule is CCSc1ccc(-c2ccc(C(=O)O)nn2)cc1. The Kier molecular flexibility index (Phi) is 3.94. The summed E-state index contributed by atoms with van der Waals surface area (Å²) in [5.74, 6) is -0.0318. The first kappa shape index (κ1) is 12.6. The van der Waals surface area contributed by atoms with Crippen LogP contribution in [0.15, 0.2) is 41.3 Å². The Hall–Kier alpha value is -1.88. The predicted octanol–water partition coefficient (Wildman–Crippen LogP) is 2.95. The number of carboxylic acid groups (broad SMARTS) is 1. The summed E-state index contributed by atoms with van der Waals surface area (Å²) in [6, 6.07) is 11.1. The van der Waals surface area contributed by atoms with Gasteiger partial charge in [0.2, 0.25) is 0 Å². The van der Waals surface area contributed by atoms with Gasteiger partial charge in [-0.3, -0.25) is 0 Å². The average Bonchev–Trinajstić information content (AvgIpc) is 2.40. The molecule has 0 bridgehead atoms. The number of aromatic carboxylic acids is 1. The van der Waals surface area contributed by atoms with Gasteiger partial charge in [-0.25, -0.2) is 4.79 Å². The molecule has 0 aliphatic carbocycles. The summed E-state index contributed by atoms with van der Waals surface area (Å²) in [5.41, 5.74) is 1.56. The van der Waals surface area contributed by atoms with E-state index in [0.717, 1.165) is 11.3 Å². The standard InChI is InChI=1S/C13H12N2O2S/c1-2-18-10-5-3-9(4-6-10)11-7-8-12(13(16)17)15-14-11/h3-8H,2H2,1H3,(H,16,17). The summed E-state index contributed by atoms with van der Waals surface area (Å²) < 4.78 is 0. The van der Waals surface area contributed by atoms with E-state index in [-0.39, 0.29) is 5.69 Å². The molecule has 0 fully saturated rings. The zero-order chi connectivity index (χ0) is 13.0. The van der Waals surface area contributed by atoms with E-state index in [1.807, 2.05) is 24.3 Å². The fraction of sp³-hybridized carbons (Fsp3) is 0.154. The molecule has 0 amide bonds. The lowest BCUT2D eigenvalue weighted by Gasteiger charge is -2.02. The van der Waals surface area contributed by atoms with Crippen LogP contribution in [0.25, 0.3) is 11.3 Å². The van der Waals surface area contributed by atoms with Crippen LogP contribution in [0.1, 0.15) is 17.4 Å². The molecular weight excluding hydrogens is 248 g/mol. The summed E-state index contributed by atoms with van der Waals surface area (Å²) in [7, 11) is 0. The topological polar surface area (TPSA) is 63.1 Å². The fourth-order valence-corrected chi connectivity index (χ4v) is 2.15. The number of carbonyl (C=O) groups is 1. The Morgan fingerprint density at radius 1 is 1.17 bits per heavy atom. The first-order valence-electron chi connectivity index (χ1n) is 5.51. The van der Waals surface area contributed by atoms with E-state index >= 15 is 0 Å². The second-order valence-corrected chi connectivity index (χ2v) is 4.90. The molecule has 2 rings (SSSR count). The highest BCUT2D eigenvalue weighted by Crippen LogP contribution is 2.22. The van der Waals surface area contributed by atoms with Gasteiger partial charge in [0.15, 0.2) is 5.69 Å². The van der Waals surface area contributed by atoms with Crippen LogP contribution in [0, 0.1) is 0 Å². The van der Waals surface area contributed by atoms with Crippen molar-refractivity contribution in [2.45, 2.75) is 11.8 Å². The molecule has 92 valence electrons. The molecule has 5 heteroatoms.